The number of rotatable bonds is 7. The highest BCUT2D eigenvalue weighted by Crippen LogP contribution is 2.28. The molecule has 0 radical (unpaired) electrons. The summed E-state index contributed by atoms with van der Waals surface area (Å²) in [5.74, 6) is 0.967. The topological polar surface area (TPSA) is 44.5 Å². The van der Waals surface area contributed by atoms with Gasteiger partial charge < -0.3 is 15.2 Å². The van der Waals surface area contributed by atoms with E-state index in [2.05, 4.69) is 35.0 Å². The van der Waals surface area contributed by atoms with E-state index in [1.807, 2.05) is 0 Å². The summed E-state index contributed by atoms with van der Waals surface area (Å²) in [5.41, 5.74) is 7.92. The molecule has 1 aromatic carbocycles. The van der Waals surface area contributed by atoms with Crippen LogP contribution in [0.1, 0.15) is 17.5 Å². The number of nitrogens with two attached hydrogens (primary N) is 1. The van der Waals surface area contributed by atoms with Crippen LogP contribution in [-0.2, 0) is 11.2 Å². The van der Waals surface area contributed by atoms with E-state index in [-0.39, 0.29) is 0 Å². The Kier molecular flexibility index (Phi) is 6.55. The van der Waals surface area contributed by atoms with Gasteiger partial charge in [0.2, 0.25) is 0 Å². The zero-order chi connectivity index (χ0) is 12.7. The van der Waals surface area contributed by atoms with E-state index in [9.17, 15) is 0 Å². The van der Waals surface area contributed by atoms with Crippen LogP contribution >= 0.6 is 15.9 Å². The fraction of sp³-hybridized carbons (Fsp3) is 0.538. The molecular formula is C13H20BrNO2. The highest BCUT2D eigenvalue weighted by Gasteiger charge is 2.08. The standard InChI is InChI=1S/C13H20BrNO2/c1-10-8-12(14)9-11(4-5-15)13(10)17-7-3-6-16-2/h8-9H,3-7,15H2,1-2H3. The first-order chi connectivity index (χ1) is 8.19. The molecule has 0 bridgehead atoms. The average Bonchev–Trinajstić information content (AvgIpc) is 2.27. The highest BCUT2D eigenvalue weighted by molar-refractivity contribution is 9.10. The summed E-state index contributed by atoms with van der Waals surface area (Å²) in [5, 5.41) is 0. The van der Waals surface area contributed by atoms with Crippen LogP contribution in [0.15, 0.2) is 16.6 Å². The second kappa shape index (κ2) is 7.69. The minimum atomic E-state index is 0.629. The molecule has 0 unspecified atom stereocenters. The molecule has 0 aliphatic heterocycles. The van der Waals surface area contributed by atoms with Crippen molar-refractivity contribution in [3.63, 3.8) is 0 Å². The molecule has 0 saturated heterocycles. The van der Waals surface area contributed by atoms with Crippen LogP contribution in [0.5, 0.6) is 5.75 Å². The molecule has 2 N–H and O–H groups in total. The van der Waals surface area contributed by atoms with Gasteiger partial charge in [-0.15, -0.1) is 0 Å². The van der Waals surface area contributed by atoms with Crippen molar-refractivity contribution in [2.45, 2.75) is 19.8 Å². The molecule has 0 saturated carbocycles. The maximum atomic E-state index is 5.82. The van der Waals surface area contributed by atoms with E-state index in [1.54, 1.807) is 7.11 Å². The van der Waals surface area contributed by atoms with Crippen molar-refractivity contribution in [2.75, 3.05) is 26.9 Å². The predicted molar refractivity (Wildman–Crippen MR) is 73.6 cm³/mol. The summed E-state index contributed by atoms with van der Waals surface area (Å²) in [6.07, 6.45) is 1.73. The molecule has 4 heteroatoms. The van der Waals surface area contributed by atoms with E-state index in [4.69, 9.17) is 15.2 Å². The van der Waals surface area contributed by atoms with E-state index < -0.39 is 0 Å². The van der Waals surface area contributed by atoms with Crippen molar-refractivity contribution in [2.24, 2.45) is 5.73 Å². The first kappa shape index (κ1) is 14.5. The van der Waals surface area contributed by atoms with Crippen molar-refractivity contribution in [3.05, 3.63) is 27.7 Å². The normalized spacial score (nSPS) is 10.6. The van der Waals surface area contributed by atoms with Crippen LogP contribution in [0.4, 0.5) is 0 Å². The van der Waals surface area contributed by atoms with Crippen molar-refractivity contribution < 1.29 is 9.47 Å². The monoisotopic (exact) mass is 301 g/mol. The average molecular weight is 302 g/mol. The van der Waals surface area contributed by atoms with Crippen molar-refractivity contribution in [1.29, 1.82) is 0 Å². The number of hydrogen-bond acceptors (Lipinski definition) is 3. The Bertz CT molecular complexity index is 356. The smallest absolute Gasteiger partial charge is 0.125 e. The third-order valence-corrected chi connectivity index (χ3v) is 2.93. The van der Waals surface area contributed by atoms with E-state index in [0.29, 0.717) is 13.2 Å². The fourth-order valence-electron chi connectivity index (χ4n) is 1.72. The Hall–Kier alpha value is -0.580. The molecule has 0 atom stereocenters. The highest BCUT2D eigenvalue weighted by atomic mass is 79.9. The van der Waals surface area contributed by atoms with Crippen LogP contribution in [0.25, 0.3) is 0 Å². The summed E-state index contributed by atoms with van der Waals surface area (Å²) >= 11 is 3.49. The van der Waals surface area contributed by atoms with E-state index in [1.165, 1.54) is 0 Å². The van der Waals surface area contributed by atoms with Gasteiger partial charge in [-0.05, 0) is 43.1 Å². The summed E-state index contributed by atoms with van der Waals surface area (Å²) < 4.78 is 11.9. The number of ether oxygens (including phenoxy) is 2. The minimum Gasteiger partial charge on any atom is -0.493 e. The van der Waals surface area contributed by atoms with Gasteiger partial charge >= 0.3 is 0 Å². The van der Waals surface area contributed by atoms with Gasteiger partial charge in [-0.3, -0.25) is 0 Å². The molecule has 0 heterocycles. The Morgan fingerprint density at radius 2 is 2.06 bits per heavy atom. The molecule has 0 aliphatic carbocycles. The quantitative estimate of drug-likeness (QED) is 0.788. The van der Waals surface area contributed by atoms with Crippen molar-refractivity contribution >= 4 is 15.9 Å². The zero-order valence-electron chi connectivity index (χ0n) is 10.5. The molecule has 1 aromatic rings. The van der Waals surface area contributed by atoms with Gasteiger partial charge in [0.1, 0.15) is 5.75 Å². The van der Waals surface area contributed by atoms with Gasteiger partial charge in [0.25, 0.3) is 0 Å². The fourth-order valence-corrected chi connectivity index (χ4v) is 2.34. The molecule has 3 nitrogen and oxygen atoms in total. The first-order valence-corrected chi connectivity index (χ1v) is 6.59. The summed E-state index contributed by atoms with van der Waals surface area (Å²) in [6, 6.07) is 4.14. The lowest BCUT2D eigenvalue weighted by molar-refractivity contribution is 0.171. The van der Waals surface area contributed by atoms with Gasteiger partial charge in [-0.25, -0.2) is 0 Å². The number of methoxy groups -OCH3 is 1. The molecule has 1 rings (SSSR count). The summed E-state index contributed by atoms with van der Waals surface area (Å²) in [6.45, 7) is 4.08. The Balaban J connectivity index is 2.73. The van der Waals surface area contributed by atoms with Gasteiger partial charge in [0.15, 0.2) is 0 Å². The molecule has 0 spiro atoms. The lowest BCUT2D eigenvalue weighted by Crippen LogP contribution is -2.08. The second-order valence-corrected chi connectivity index (χ2v) is 4.86. The van der Waals surface area contributed by atoms with Gasteiger partial charge in [-0.2, -0.15) is 0 Å². The largest absolute Gasteiger partial charge is 0.493 e. The van der Waals surface area contributed by atoms with Gasteiger partial charge in [0.05, 0.1) is 6.61 Å². The maximum absolute atomic E-state index is 5.82. The number of halogens is 1. The van der Waals surface area contributed by atoms with Crippen LogP contribution in [0.2, 0.25) is 0 Å². The summed E-state index contributed by atoms with van der Waals surface area (Å²) in [7, 11) is 1.70. The predicted octanol–water partition coefficient (Wildman–Crippen LogP) is 2.67. The minimum absolute atomic E-state index is 0.629. The Labute approximate surface area is 111 Å². The molecule has 17 heavy (non-hydrogen) atoms. The van der Waals surface area contributed by atoms with Crippen LogP contribution in [0, 0.1) is 6.92 Å². The lowest BCUT2D eigenvalue weighted by atomic mass is 10.1. The van der Waals surface area contributed by atoms with Crippen LogP contribution in [0.3, 0.4) is 0 Å². The SMILES string of the molecule is COCCCOc1c(C)cc(Br)cc1CCN. The first-order valence-electron chi connectivity index (χ1n) is 5.80. The lowest BCUT2D eigenvalue weighted by Gasteiger charge is -2.14. The van der Waals surface area contributed by atoms with E-state index in [0.717, 1.165) is 40.8 Å². The molecule has 96 valence electrons. The van der Waals surface area contributed by atoms with Gasteiger partial charge in [-0.1, -0.05) is 15.9 Å². The van der Waals surface area contributed by atoms with Crippen molar-refractivity contribution in [3.8, 4) is 5.75 Å². The second-order valence-electron chi connectivity index (χ2n) is 3.94. The third kappa shape index (κ3) is 4.66. The molecule has 0 aromatic heterocycles. The number of benzene rings is 1. The molecular weight excluding hydrogens is 282 g/mol. The van der Waals surface area contributed by atoms with Gasteiger partial charge in [0, 0.05) is 24.6 Å². The van der Waals surface area contributed by atoms with E-state index >= 15 is 0 Å². The Morgan fingerprint density at radius 1 is 1.29 bits per heavy atom. The van der Waals surface area contributed by atoms with Crippen LogP contribution in [-0.4, -0.2) is 26.9 Å². The number of aryl methyl sites for hydroxylation is 1. The maximum Gasteiger partial charge on any atom is 0.125 e. The van der Waals surface area contributed by atoms with Crippen LogP contribution < -0.4 is 10.5 Å². The molecule has 0 amide bonds. The molecule has 0 aliphatic rings. The molecule has 0 fully saturated rings. The van der Waals surface area contributed by atoms with Crippen molar-refractivity contribution in [1.82, 2.24) is 0 Å². The number of hydrogen-bond donors (Lipinski definition) is 1. The third-order valence-electron chi connectivity index (χ3n) is 2.47. The Morgan fingerprint density at radius 3 is 2.71 bits per heavy atom. The summed E-state index contributed by atoms with van der Waals surface area (Å²) in [4.78, 5) is 0. The zero-order valence-corrected chi connectivity index (χ0v) is 12.0.